The van der Waals surface area contributed by atoms with Crippen LogP contribution in [0.4, 0.5) is 5.82 Å². The normalized spacial score (nSPS) is 15.2. The molecular formula is C24H33N3O. The number of pyridine rings is 2. The number of Topliss-reactive ketones (excluding diaryl/α,β-unsaturated/α-hetero) is 1. The number of carbonyl (C=O) groups is 1. The van der Waals surface area contributed by atoms with Crippen molar-refractivity contribution in [1.29, 1.82) is 0 Å². The van der Waals surface area contributed by atoms with E-state index in [9.17, 15) is 4.79 Å². The van der Waals surface area contributed by atoms with Gasteiger partial charge in [0.2, 0.25) is 0 Å². The van der Waals surface area contributed by atoms with E-state index in [1.54, 1.807) is 0 Å². The number of hydrogen-bond acceptors (Lipinski definition) is 4. The summed E-state index contributed by atoms with van der Waals surface area (Å²) in [4.78, 5) is 24.8. The van der Waals surface area contributed by atoms with Crippen LogP contribution in [0, 0.1) is 5.41 Å². The highest BCUT2D eigenvalue weighted by molar-refractivity contribution is 6.22. The highest BCUT2D eigenvalue weighted by Crippen LogP contribution is 2.31. The zero-order valence-electron chi connectivity index (χ0n) is 17.7. The number of anilines is 1. The third-order valence-corrected chi connectivity index (χ3v) is 5.30. The molecule has 0 aliphatic carbocycles. The molecule has 4 heteroatoms. The van der Waals surface area contributed by atoms with Gasteiger partial charge in [-0.3, -0.25) is 4.79 Å². The van der Waals surface area contributed by atoms with Crippen molar-refractivity contribution in [3.05, 3.63) is 47.8 Å². The number of nitrogens with zero attached hydrogens (tertiary/aromatic N) is 3. The Kier molecular flexibility index (Phi) is 5.97. The summed E-state index contributed by atoms with van der Waals surface area (Å²) in [5, 5.41) is 0. The van der Waals surface area contributed by atoms with Crippen LogP contribution in [0.3, 0.4) is 0 Å². The van der Waals surface area contributed by atoms with Gasteiger partial charge in [0.05, 0.1) is 11.4 Å². The Morgan fingerprint density at radius 2 is 1.93 bits per heavy atom. The lowest BCUT2D eigenvalue weighted by molar-refractivity contribution is -0.120. The molecule has 2 aromatic rings. The standard InChI is InChI=1S/C24H31N3O.H2/c1-6-17-10-11-20(26-22(17)19(7-2)23(28)24(3,4)5)18-12-13-25-21(16-18)27-14-8-9-15-27;/h7,10-13,16H,6,8-9,14-15H2,1-5H3;1H/b19-7+;. The minimum atomic E-state index is -0.440. The Balaban J connectivity index is 0.00000300. The molecule has 4 nitrogen and oxygen atoms in total. The first-order valence-corrected chi connectivity index (χ1v) is 10.3. The van der Waals surface area contributed by atoms with Crippen molar-refractivity contribution in [2.75, 3.05) is 18.0 Å². The van der Waals surface area contributed by atoms with Crippen LogP contribution in [-0.4, -0.2) is 28.8 Å². The SMILES string of the molecule is C/C=C(/C(=O)C(C)(C)C)c1nc(-c2ccnc(N3CCCC3)c2)ccc1CC.[HH]. The molecule has 1 fully saturated rings. The average Bonchev–Trinajstić information content (AvgIpc) is 3.23. The first kappa shape index (κ1) is 20.2. The Morgan fingerprint density at radius 1 is 1.21 bits per heavy atom. The van der Waals surface area contributed by atoms with E-state index < -0.39 is 5.41 Å². The van der Waals surface area contributed by atoms with E-state index in [4.69, 9.17) is 4.98 Å². The Bertz CT molecular complexity index is 893. The van der Waals surface area contributed by atoms with Crippen molar-refractivity contribution in [3.63, 3.8) is 0 Å². The van der Waals surface area contributed by atoms with Crippen molar-refractivity contribution in [1.82, 2.24) is 9.97 Å². The summed E-state index contributed by atoms with van der Waals surface area (Å²) in [6.07, 6.45) is 7.04. The maximum atomic E-state index is 13.0. The minimum Gasteiger partial charge on any atom is -0.357 e. The first-order valence-electron chi connectivity index (χ1n) is 10.3. The predicted octanol–water partition coefficient (Wildman–Crippen LogP) is 5.57. The van der Waals surface area contributed by atoms with Gasteiger partial charge in [0.15, 0.2) is 5.78 Å². The molecule has 0 atom stereocenters. The summed E-state index contributed by atoms with van der Waals surface area (Å²) in [5.41, 5.74) is 4.10. The molecule has 150 valence electrons. The summed E-state index contributed by atoms with van der Waals surface area (Å²) in [6, 6.07) is 8.27. The van der Waals surface area contributed by atoms with Crippen LogP contribution in [0.2, 0.25) is 0 Å². The topological polar surface area (TPSA) is 46.1 Å². The second-order valence-electron chi connectivity index (χ2n) is 8.44. The molecule has 0 radical (unpaired) electrons. The summed E-state index contributed by atoms with van der Waals surface area (Å²) in [5.74, 6) is 1.14. The van der Waals surface area contributed by atoms with Gasteiger partial charge in [-0.05, 0) is 49.9 Å². The summed E-state index contributed by atoms with van der Waals surface area (Å²) < 4.78 is 0. The minimum absolute atomic E-state index is 0. The number of hydrogen-bond donors (Lipinski definition) is 0. The van der Waals surface area contributed by atoms with Gasteiger partial charge >= 0.3 is 0 Å². The van der Waals surface area contributed by atoms with Gasteiger partial charge in [-0.1, -0.05) is 39.8 Å². The van der Waals surface area contributed by atoms with Gasteiger partial charge in [-0.15, -0.1) is 0 Å². The van der Waals surface area contributed by atoms with E-state index in [1.807, 2.05) is 46.0 Å². The molecule has 0 spiro atoms. The lowest BCUT2D eigenvalue weighted by Crippen LogP contribution is -2.22. The molecule has 2 aromatic heterocycles. The fraction of sp³-hybridized carbons (Fsp3) is 0.458. The molecule has 1 aliphatic rings. The Labute approximate surface area is 170 Å². The van der Waals surface area contributed by atoms with E-state index in [1.165, 1.54) is 12.8 Å². The molecule has 1 aliphatic heterocycles. The van der Waals surface area contributed by atoms with Crippen LogP contribution in [-0.2, 0) is 11.2 Å². The predicted molar refractivity (Wildman–Crippen MR) is 119 cm³/mol. The van der Waals surface area contributed by atoms with E-state index in [0.717, 1.165) is 47.8 Å². The number of rotatable bonds is 5. The van der Waals surface area contributed by atoms with Crippen LogP contribution < -0.4 is 4.90 Å². The fourth-order valence-corrected chi connectivity index (χ4v) is 3.64. The van der Waals surface area contributed by atoms with Gasteiger partial charge < -0.3 is 4.90 Å². The number of allylic oxidation sites excluding steroid dienone is 2. The van der Waals surface area contributed by atoms with Crippen LogP contribution in [0.5, 0.6) is 0 Å². The van der Waals surface area contributed by atoms with Crippen molar-refractivity contribution >= 4 is 17.2 Å². The van der Waals surface area contributed by atoms with E-state index in [0.29, 0.717) is 5.57 Å². The second kappa shape index (κ2) is 8.26. The number of carbonyl (C=O) groups excluding carboxylic acids is 1. The quantitative estimate of drug-likeness (QED) is 0.637. The smallest absolute Gasteiger partial charge is 0.170 e. The molecule has 0 N–H and O–H groups in total. The molecule has 0 unspecified atom stereocenters. The number of aryl methyl sites for hydroxylation is 1. The highest BCUT2D eigenvalue weighted by atomic mass is 16.1. The van der Waals surface area contributed by atoms with Gasteiger partial charge in [-0.2, -0.15) is 0 Å². The van der Waals surface area contributed by atoms with Crippen LogP contribution in [0.15, 0.2) is 36.5 Å². The average molecular weight is 380 g/mol. The van der Waals surface area contributed by atoms with Crippen molar-refractivity contribution in [3.8, 4) is 11.3 Å². The third-order valence-electron chi connectivity index (χ3n) is 5.30. The van der Waals surface area contributed by atoms with E-state index in [-0.39, 0.29) is 7.21 Å². The Morgan fingerprint density at radius 3 is 2.54 bits per heavy atom. The molecule has 0 amide bonds. The monoisotopic (exact) mass is 379 g/mol. The number of ketones is 1. The van der Waals surface area contributed by atoms with E-state index in [2.05, 4.69) is 35.0 Å². The lowest BCUT2D eigenvalue weighted by atomic mass is 9.83. The van der Waals surface area contributed by atoms with Crippen molar-refractivity contribution in [2.24, 2.45) is 5.41 Å². The molecule has 0 saturated carbocycles. The molecule has 28 heavy (non-hydrogen) atoms. The van der Waals surface area contributed by atoms with Gasteiger partial charge in [-0.25, -0.2) is 9.97 Å². The summed E-state index contributed by atoms with van der Waals surface area (Å²) in [6.45, 7) is 12.0. The van der Waals surface area contributed by atoms with Gasteiger partial charge in [0.25, 0.3) is 0 Å². The summed E-state index contributed by atoms with van der Waals surface area (Å²) >= 11 is 0. The molecule has 0 bridgehead atoms. The first-order chi connectivity index (χ1) is 13.3. The maximum Gasteiger partial charge on any atom is 0.170 e. The second-order valence-corrected chi connectivity index (χ2v) is 8.44. The number of aromatic nitrogens is 2. The molecule has 3 rings (SSSR count). The largest absolute Gasteiger partial charge is 0.357 e. The zero-order valence-corrected chi connectivity index (χ0v) is 17.7. The van der Waals surface area contributed by atoms with Crippen LogP contribution >= 0.6 is 0 Å². The Hall–Kier alpha value is -2.49. The lowest BCUT2D eigenvalue weighted by Gasteiger charge is -2.21. The molecule has 3 heterocycles. The molecular weight excluding hydrogens is 346 g/mol. The van der Waals surface area contributed by atoms with Gasteiger partial charge in [0, 0.05) is 37.3 Å². The van der Waals surface area contributed by atoms with Gasteiger partial charge in [0.1, 0.15) is 5.82 Å². The zero-order chi connectivity index (χ0) is 20.3. The van der Waals surface area contributed by atoms with Crippen LogP contribution in [0.25, 0.3) is 16.8 Å². The van der Waals surface area contributed by atoms with E-state index >= 15 is 0 Å². The van der Waals surface area contributed by atoms with Crippen molar-refractivity contribution in [2.45, 2.75) is 53.9 Å². The fourth-order valence-electron chi connectivity index (χ4n) is 3.64. The molecule has 0 aromatic carbocycles. The van der Waals surface area contributed by atoms with Crippen molar-refractivity contribution < 1.29 is 6.22 Å². The highest BCUT2D eigenvalue weighted by Gasteiger charge is 2.27. The summed E-state index contributed by atoms with van der Waals surface area (Å²) in [7, 11) is 0. The molecule has 1 saturated heterocycles. The van der Waals surface area contributed by atoms with Crippen LogP contribution in [0.1, 0.15) is 60.1 Å². The maximum absolute atomic E-state index is 13.0. The third kappa shape index (κ3) is 4.16.